The van der Waals surface area contributed by atoms with Crippen LogP contribution in [-0.4, -0.2) is 79.8 Å². The predicted octanol–water partition coefficient (Wildman–Crippen LogP) is 2.85. The first kappa shape index (κ1) is 30.3. The highest BCUT2D eigenvalue weighted by Gasteiger charge is 2.44. The van der Waals surface area contributed by atoms with Crippen molar-refractivity contribution in [3.63, 3.8) is 0 Å². The third-order valence-corrected chi connectivity index (χ3v) is 8.62. The Labute approximate surface area is 264 Å². The quantitative estimate of drug-likeness (QED) is 0.108. The van der Waals surface area contributed by atoms with Crippen LogP contribution in [0.3, 0.4) is 0 Å². The van der Waals surface area contributed by atoms with E-state index in [-0.39, 0.29) is 27.9 Å². The Bertz CT molecular complexity index is 2310. The zero-order valence-corrected chi connectivity index (χ0v) is 24.3. The largest absolute Gasteiger partial charge is 0.508 e. The number of phenolic OH excluding ortho intramolecular Hbond substituents is 1. The zero-order valence-electron chi connectivity index (χ0n) is 24.3. The molecule has 1 aliphatic heterocycles. The lowest BCUT2D eigenvalue weighted by atomic mass is 9.90. The predicted molar refractivity (Wildman–Crippen MR) is 170 cm³/mol. The fourth-order valence-electron chi connectivity index (χ4n) is 6.29. The van der Waals surface area contributed by atoms with Gasteiger partial charge in [0.25, 0.3) is 5.91 Å². The highest BCUT2D eigenvalue weighted by molar-refractivity contribution is 6.21. The first-order valence-electron chi connectivity index (χ1n) is 14.6. The average Bonchev–Trinajstić information content (AvgIpc) is 3.06. The van der Waals surface area contributed by atoms with Crippen LogP contribution in [0.25, 0.3) is 54.6 Å². The smallest absolute Gasteiger partial charge is 0.336 e. The minimum absolute atomic E-state index is 0.0345. The number of carboxylic acid groups (broad SMARTS) is 1. The molecule has 1 saturated heterocycles. The van der Waals surface area contributed by atoms with Crippen LogP contribution in [0.15, 0.2) is 88.1 Å². The number of aliphatic hydroxyl groups is 4. The van der Waals surface area contributed by atoms with Gasteiger partial charge >= 0.3 is 5.97 Å². The third-order valence-electron chi connectivity index (χ3n) is 8.62. The second kappa shape index (κ2) is 11.5. The first-order valence-corrected chi connectivity index (χ1v) is 14.6. The zero-order chi connectivity index (χ0) is 33.1. The number of aromatic carboxylic acids is 1. The third kappa shape index (κ3) is 5.04. The van der Waals surface area contributed by atoms with Gasteiger partial charge in [-0.15, -0.1) is 0 Å². The van der Waals surface area contributed by atoms with Crippen molar-refractivity contribution in [2.24, 2.45) is 0 Å². The lowest BCUT2D eigenvalue weighted by Gasteiger charge is -2.40. The summed E-state index contributed by atoms with van der Waals surface area (Å²) in [6.45, 7) is -0.676. The van der Waals surface area contributed by atoms with E-state index < -0.39 is 49.1 Å². The molecule has 0 bridgehead atoms. The molecule has 1 fully saturated rings. The minimum atomic E-state index is -1.76. The van der Waals surface area contributed by atoms with Crippen molar-refractivity contribution < 1.29 is 49.4 Å². The molecule has 7 N–H and O–H groups in total. The van der Waals surface area contributed by atoms with Crippen LogP contribution in [0, 0.1) is 0 Å². The lowest BCUT2D eigenvalue weighted by molar-refractivity contribution is -0.252. The number of aromatic hydroxyl groups is 1. The van der Waals surface area contributed by atoms with Crippen molar-refractivity contribution in [2.45, 2.75) is 30.6 Å². The molecule has 1 aliphatic rings. The summed E-state index contributed by atoms with van der Waals surface area (Å²) in [7, 11) is 0. The summed E-state index contributed by atoms with van der Waals surface area (Å²) in [5, 5.41) is 66.9. The standard InChI is InChI=1S/C35H27NO11/c37-14-26-29(40)30(41)28(35(45)46-26)36-33(42)17-3-6-22(34(43)44)25(13-17)27-23-7-1-15-11-18(38)4-9-20(15)31(23)47-32-21-10-5-19(39)12-16(21)2-8-24(27)32/h1-13,26,28-30,35,37-38,40-41,45H,14H2,(H,36,42)(H,43,44). The molecule has 0 spiro atoms. The second-order valence-electron chi connectivity index (χ2n) is 11.4. The normalized spacial score (nSPS) is 21.4. The van der Waals surface area contributed by atoms with Crippen molar-refractivity contribution in [3.05, 3.63) is 100 Å². The van der Waals surface area contributed by atoms with Crippen molar-refractivity contribution in [1.29, 1.82) is 0 Å². The van der Waals surface area contributed by atoms with Crippen LogP contribution < -0.4 is 10.7 Å². The van der Waals surface area contributed by atoms with Crippen LogP contribution in [0.5, 0.6) is 5.75 Å². The summed E-state index contributed by atoms with van der Waals surface area (Å²) in [5.41, 5.74) is 0.909. The van der Waals surface area contributed by atoms with Gasteiger partial charge in [-0.3, -0.25) is 9.59 Å². The van der Waals surface area contributed by atoms with Gasteiger partial charge in [-0.2, -0.15) is 0 Å². The first-order chi connectivity index (χ1) is 22.5. The SMILES string of the molecule is O=C(NC1C(O)OC(CO)C(O)C1O)c1ccc(C(=O)O)c(-c2c3ccc4cc(O)ccc4c3oc3c2ccc2cc(=O)ccc23)c1. The number of nitrogens with one attached hydrogen (secondary N) is 1. The summed E-state index contributed by atoms with van der Waals surface area (Å²) in [4.78, 5) is 38.3. The van der Waals surface area contributed by atoms with Gasteiger partial charge in [0.2, 0.25) is 0 Å². The molecule has 0 aliphatic carbocycles. The Balaban J connectivity index is 1.47. The number of hydrogen-bond donors (Lipinski definition) is 7. The van der Waals surface area contributed by atoms with E-state index in [4.69, 9.17) is 9.15 Å². The van der Waals surface area contributed by atoms with E-state index >= 15 is 0 Å². The Kier molecular flexibility index (Phi) is 7.38. The van der Waals surface area contributed by atoms with Gasteiger partial charge in [0.05, 0.1) is 12.2 Å². The summed E-state index contributed by atoms with van der Waals surface area (Å²) >= 11 is 0. The number of ether oxygens (including phenoxy) is 1. The molecule has 12 nitrogen and oxygen atoms in total. The fraction of sp³-hybridized carbons (Fsp3) is 0.171. The molecule has 238 valence electrons. The summed E-state index contributed by atoms with van der Waals surface area (Å²) < 4.78 is 11.7. The number of carboxylic acids is 1. The lowest BCUT2D eigenvalue weighted by Crippen LogP contribution is -2.64. The van der Waals surface area contributed by atoms with E-state index in [9.17, 15) is 45.0 Å². The molecule has 7 rings (SSSR count). The Morgan fingerprint density at radius 2 is 1.40 bits per heavy atom. The van der Waals surface area contributed by atoms with Crippen LogP contribution in [-0.2, 0) is 4.74 Å². The number of amides is 1. The van der Waals surface area contributed by atoms with Gasteiger partial charge in [-0.05, 0) is 83.1 Å². The second-order valence-corrected chi connectivity index (χ2v) is 11.4. The molecule has 47 heavy (non-hydrogen) atoms. The molecule has 5 aromatic carbocycles. The van der Waals surface area contributed by atoms with E-state index in [1.165, 1.54) is 36.4 Å². The number of aliphatic hydroxyl groups excluding tert-OH is 4. The van der Waals surface area contributed by atoms with Crippen molar-refractivity contribution in [2.75, 3.05) is 6.61 Å². The van der Waals surface area contributed by atoms with Crippen LogP contribution in [0.4, 0.5) is 0 Å². The number of carbonyl (C=O) groups excluding carboxylic acids is 1. The van der Waals surface area contributed by atoms with Gasteiger partial charge in [-0.25, -0.2) is 4.79 Å². The maximum Gasteiger partial charge on any atom is 0.336 e. The van der Waals surface area contributed by atoms with E-state index in [0.29, 0.717) is 49.0 Å². The molecule has 12 heteroatoms. The molecule has 5 unspecified atom stereocenters. The van der Waals surface area contributed by atoms with E-state index in [1.54, 1.807) is 42.5 Å². The van der Waals surface area contributed by atoms with Crippen LogP contribution in [0.2, 0.25) is 0 Å². The number of hydrogen-bond acceptors (Lipinski definition) is 10. The minimum Gasteiger partial charge on any atom is -0.508 e. The topological polar surface area (TPSA) is 207 Å². The molecule has 1 aromatic heterocycles. The molecule has 2 heterocycles. The number of carbonyl (C=O) groups is 2. The van der Waals surface area contributed by atoms with Crippen LogP contribution >= 0.6 is 0 Å². The van der Waals surface area contributed by atoms with Crippen LogP contribution in [0.1, 0.15) is 20.7 Å². The number of phenols is 1. The summed E-state index contributed by atoms with van der Waals surface area (Å²) in [6, 6.07) is 18.6. The van der Waals surface area contributed by atoms with Gasteiger partial charge in [0.1, 0.15) is 41.3 Å². The molecular formula is C35H27NO11. The van der Waals surface area contributed by atoms with E-state index in [2.05, 4.69) is 5.32 Å². The Morgan fingerprint density at radius 1 is 0.766 bits per heavy atom. The molecule has 0 radical (unpaired) electrons. The highest BCUT2D eigenvalue weighted by atomic mass is 16.6. The molecule has 1 amide bonds. The van der Waals surface area contributed by atoms with E-state index in [0.717, 1.165) is 0 Å². The van der Waals surface area contributed by atoms with Crippen molar-refractivity contribution >= 4 is 55.4 Å². The summed E-state index contributed by atoms with van der Waals surface area (Å²) in [6.07, 6.45) is -6.31. The average molecular weight is 638 g/mol. The maximum atomic E-state index is 13.5. The monoisotopic (exact) mass is 637 g/mol. The maximum absolute atomic E-state index is 13.5. The van der Waals surface area contributed by atoms with Crippen molar-refractivity contribution in [1.82, 2.24) is 5.32 Å². The number of fused-ring (bicyclic) bond motifs is 6. The molecule has 6 aromatic rings. The fourth-order valence-corrected chi connectivity index (χ4v) is 6.29. The summed E-state index contributed by atoms with van der Waals surface area (Å²) in [5.74, 6) is -2.05. The van der Waals surface area contributed by atoms with Gasteiger partial charge in [0, 0.05) is 32.7 Å². The Morgan fingerprint density at radius 3 is 2.06 bits per heavy atom. The number of benzene rings is 5. The number of rotatable bonds is 5. The van der Waals surface area contributed by atoms with Gasteiger partial charge in [-0.1, -0.05) is 12.1 Å². The molecule has 5 atom stereocenters. The Hall–Kier alpha value is -5.37. The highest BCUT2D eigenvalue weighted by Crippen LogP contribution is 2.43. The van der Waals surface area contributed by atoms with Gasteiger partial charge < -0.3 is 45.1 Å². The molecule has 0 saturated carbocycles. The van der Waals surface area contributed by atoms with E-state index in [1.807, 2.05) is 0 Å². The molecular weight excluding hydrogens is 610 g/mol. The van der Waals surface area contributed by atoms with Crippen molar-refractivity contribution in [3.8, 4) is 16.9 Å². The van der Waals surface area contributed by atoms with Gasteiger partial charge in [0.15, 0.2) is 11.7 Å².